The maximum absolute atomic E-state index is 14.3. The van der Waals surface area contributed by atoms with Gasteiger partial charge in [-0.2, -0.15) is 5.01 Å². The number of halogens is 1. The molecule has 2 heterocycles. The molecule has 1 saturated heterocycles. The average Bonchev–Trinajstić information content (AvgIpc) is 3.43. The molecule has 4 N–H and O–H groups in total. The van der Waals surface area contributed by atoms with E-state index in [1.165, 1.54) is 12.2 Å². The van der Waals surface area contributed by atoms with Crippen LogP contribution in [0.3, 0.4) is 0 Å². The molecule has 0 aromatic heterocycles. The number of hydrazine groups is 1. The lowest BCUT2D eigenvalue weighted by atomic mass is 9.91. The second-order valence-corrected chi connectivity index (χ2v) is 8.39. The summed E-state index contributed by atoms with van der Waals surface area (Å²) in [6.07, 6.45) is 6.27. The number of amides is 4. The Kier molecular flexibility index (Phi) is 7.87. The second-order valence-electron chi connectivity index (χ2n) is 8.39. The molecule has 0 aromatic rings. The summed E-state index contributed by atoms with van der Waals surface area (Å²) in [5.74, 6) is -2.62. The van der Waals surface area contributed by atoms with Crippen LogP contribution >= 0.6 is 0 Å². The number of primary amides is 1. The van der Waals surface area contributed by atoms with Gasteiger partial charge in [-0.25, -0.2) is 19.0 Å². The largest absolute Gasteiger partial charge is 0.404 e. The van der Waals surface area contributed by atoms with E-state index in [0.29, 0.717) is 16.5 Å². The first kappa shape index (κ1) is 24.5. The molecule has 12 nitrogen and oxygen atoms in total. The molecule has 0 spiro atoms. The maximum Gasteiger partial charge on any atom is 0.339 e. The highest BCUT2D eigenvalue weighted by Crippen LogP contribution is 2.33. The molecule has 1 aliphatic carbocycles. The van der Waals surface area contributed by atoms with E-state index in [-0.39, 0.29) is 37.0 Å². The number of ether oxygens (including phenoxy) is 1. The number of carbonyl (C=O) groups is 4. The van der Waals surface area contributed by atoms with Crippen LogP contribution in [0.25, 0.3) is 0 Å². The van der Waals surface area contributed by atoms with Crippen molar-refractivity contribution in [3.8, 4) is 0 Å². The van der Waals surface area contributed by atoms with Crippen LogP contribution in [0, 0.1) is 11.8 Å². The predicted molar refractivity (Wildman–Crippen MR) is 108 cm³/mol. The lowest BCUT2D eigenvalue weighted by molar-refractivity contribution is -0.209. The molecule has 0 aromatic carbocycles. The highest BCUT2D eigenvalue weighted by molar-refractivity contribution is 5.87. The number of rotatable bonds is 8. The van der Waals surface area contributed by atoms with Gasteiger partial charge in [0.05, 0.1) is 19.0 Å². The zero-order valence-electron chi connectivity index (χ0n) is 18.0. The summed E-state index contributed by atoms with van der Waals surface area (Å²) < 4.78 is 19.4. The SMILES string of the molecule is NC(=O)N1C=CC=C(OC(=O)C2CC(F)CN2C(=O)C(CC2CCCC2)CN(O)C=O)N1O. The molecular formula is C20H28FN5O7. The Morgan fingerprint density at radius 1 is 1.33 bits per heavy atom. The molecule has 3 aliphatic rings. The Balaban J connectivity index is 1.73. The lowest BCUT2D eigenvalue weighted by Gasteiger charge is -2.32. The standard InChI is InChI=1S/C20H28FN5O7/c21-15-9-16(19(29)33-17-6-3-7-25(20(22)30)26(17)32)24(11-15)18(28)14(10-23(31)12-27)8-13-4-1-2-5-13/h3,6-7,12-16,31-32H,1-2,4-5,8-11H2,(H2,22,30). The van der Waals surface area contributed by atoms with Crippen molar-refractivity contribution in [2.45, 2.75) is 50.7 Å². The number of allylic oxidation sites excluding steroid dienone is 2. The number of esters is 1. The van der Waals surface area contributed by atoms with Gasteiger partial charge in [0.25, 0.3) is 0 Å². The van der Waals surface area contributed by atoms with Crippen LogP contribution < -0.4 is 5.73 Å². The first-order valence-corrected chi connectivity index (χ1v) is 10.7. The molecule has 3 atom stereocenters. The molecule has 13 heteroatoms. The van der Waals surface area contributed by atoms with Crippen molar-refractivity contribution in [2.75, 3.05) is 13.1 Å². The molecule has 2 fully saturated rings. The summed E-state index contributed by atoms with van der Waals surface area (Å²) in [6.45, 7) is -0.622. The van der Waals surface area contributed by atoms with Gasteiger partial charge in [0.2, 0.25) is 18.2 Å². The van der Waals surface area contributed by atoms with Gasteiger partial charge >= 0.3 is 12.0 Å². The van der Waals surface area contributed by atoms with Crippen molar-refractivity contribution in [1.82, 2.24) is 20.1 Å². The number of urea groups is 1. The van der Waals surface area contributed by atoms with E-state index in [1.54, 1.807) is 0 Å². The summed E-state index contributed by atoms with van der Waals surface area (Å²) in [6, 6.07) is -2.33. The highest BCUT2D eigenvalue weighted by atomic mass is 19.1. The summed E-state index contributed by atoms with van der Waals surface area (Å²) >= 11 is 0. The van der Waals surface area contributed by atoms with Gasteiger partial charge in [-0.1, -0.05) is 25.7 Å². The van der Waals surface area contributed by atoms with Crippen molar-refractivity contribution < 1.29 is 38.7 Å². The molecular weight excluding hydrogens is 441 g/mol. The van der Waals surface area contributed by atoms with Crippen molar-refractivity contribution in [1.29, 1.82) is 0 Å². The molecule has 0 bridgehead atoms. The van der Waals surface area contributed by atoms with Crippen molar-refractivity contribution in [3.63, 3.8) is 0 Å². The Bertz CT molecular complexity index is 832. The first-order valence-electron chi connectivity index (χ1n) is 10.7. The van der Waals surface area contributed by atoms with Crippen molar-refractivity contribution >= 4 is 24.3 Å². The van der Waals surface area contributed by atoms with Crippen LogP contribution in [-0.4, -0.2) is 80.2 Å². The summed E-state index contributed by atoms with van der Waals surface area (Å²) in [5.41, 5.74) is 5.12. The minimum Gasteiger partial charge on any atom is -0.404 e. The molecule has 3 rings (SSSR count). The van der Waals surface area contributed by atoms with Gasteiger partial charge in [-0.15, -0.1) is 5.17 Å². The fourth-order valence-corrected chi connectivity index (χ4v) is 4.51. The fraction of sp³-hybridized carbons (Fsp3) is 0.600. The second kappa shape index (κ2) is 10.6. The molecule has 1 saturated carbocycles. The lowest BCUT2D eigenvalue weighted by Crippen LogP contribution is -2.48. The zero-order valence-corrected chi connectivity index (χ0v) is 18.0. The quantitative estimate of drug-likeness (QED) is 0.205. The van der Waals surface area contributed by atoms with Crippen LogP contribution in [0.4, 0.5) is 9.18 Å². The van der Waals surface area contributed by atoms with Gasteiger partial charge < -0.3 is 15.4 Å². The highest BCUT2D eigenvalue weighted by Gasteiger charge is 2.44. The molecule has 33 heavy (non-hydrogen) atoms. The molecule has 2 aliphatic heterocycles. The van der Waals surface area contributed by atoms with Gasteiger partial charge in [-0.3, -0.25) is 20.0 Å². The van der Waals surface area contributed by atoms with E-state index in [9.17, 15) is 34.0 Å². The summed E-state index contributed by atoms with van der Waals surface area (Å²) in [7, 11) is 0. The minimum atomic E-state index is -1.48. The van der Waals surface area contributed by atoms with Crippen LogP contribution in [0.2, 0.25) is 0 Å². The Labute approximate surface area is 189 Å². The Morgan fingerprint density at radius 3 is 2.67 bits per heavy atom. The molecule has 0 radical (unpaired) electrons. The fourth-order valence-electron chi connectivity index (χ4n) is 4.51. The van der Waals surface area contributed by atoms with E-state index in [1.807, 2.05) is 0 Å². The first-order chi connectivity index (χ1) is 15.7. The number of alkyl halides is 1. The van der Waals surface area contributed by atoms with Gasteiger partial charge in [0, 0.05) is 18.7 Å². The molecule has 3 unspecified atom stereocenters. The van der Waals surface area contributed by atoms with Gasteiger partial charge in [0.15, 0.2) is 0 Å². The number of nitrogens with zero attached hydrogens (tertiary/aromatic N) is 4. The van der Waals surface area contributed by atoms with Gasteiger partial charge in [0.1, 0.15) is 12.2 Å². The van der Waals surface area contributed by atoms with Crippen LogP contribution in [0.15, 0.2) is 24.2 Å². The Hall–Kier alpha value is -3.19. The molecule has 182 valence electrons. The van der Waals surface area contributed by atoms with Crippen molar-refractivity contribution in [3.05, 3.63) is 24.2 Å². The Morgan fingerprint density at radius 2 is 2.03 bits per heavy atom. The average molecular weight is 469 g/mol. The third-order valence-corrected chi connectivity index (χ3v) is 6.07. The molecule has 4 amide bonds. The van der Waals surface area contributed by atoms with E-state index in [2.05, 4.69) is 0 Å². The maximum atomic E-state index is 14.3. The van der Waals surface area contributed by atoms with Crippen LogP contribution in [-0.2, 0) is 19.1 Å². The third-order valence-electron chi connectivity index (χ3n) is 6.07. The number of likely N-dealkylation sites (tertiary alicyclic amines) is 1. The number of hydrogen-bond donors (Lipinski definition) is 3. The monoisotopic (exact) mass is 469 g/mol. The normalized spacial score (nSPS) is 24.0. The number of nitrogens with two attached hydrogens (primary N) is 1. The van der Waals surface area contributed by atoms with Crippen LogP contribution in [0.5, 0.6) is 0 Å². The van der Waals surface area contributed by atoms with Crippen molar-refractivity contribution in [2.24, 2.45) is 17.6 Å². The number of hydrogen-bond acceptors (Lipinski definition) is 8. The predicted octanol–water partition coefficient (Wildman–Crippen LogP) is 0.868. The summed E-state index contributed by atoms with van der Waals surface area (Å²) in [5, 5.41) is 20.9. The third kappa shape index (κ3) is 5.79. The van der Waals surface area contributed by atoms with E-state index in [0.717, 1.165) is 36.8 Å². The zero-order chi connectivity index (χ0) is 24.1. The van der Waals surface area contributed by atoms with Gasteiger partial charge in [-0.05, 0) is 18.4 Å². The van der Waals surface area contributed by atoms with Crippen LogP contribution in [0.1, 0.15) is 38.5 Å². The van der Waals surface area contributed by atoms with E-state index >= 15 is 0 Å². The smallest absolute Gasteiger partial charge is 0.339 e. The van der Waals surface area contributed by atoms with E-state index in [4.69, 9.17) is 10.5 Å². The van der Waals surface area contributed by atoms with E-state index < -0.39 is 41.9 Å². The number of hydroxylamine groups is 3. The topological polar surface area (TPSA) is 157 Å². The number of carbonyl (C=O) groups excluding carboxylic acids is 4. The summed E-state index contributed by atoms with van der Waals surface area (Å²) in [4.78, 5) is 49.4. The minimum absolute atomic E-state index is 0.187.